The molecule has 6 heteroatoms. The maximum absolute atomic E-state index is 10.9. The number of hydrogen-bond donors (Lipinski definition) is 2. The fourth-order valence-electron chi connectivity index (χ4n) is 1.83. The molecular weight excluding hydrogens is 272 g/mol. The second kappa shape index (κ2) is 6.30. The number of nitrogens with zero attached hydrogens (tertiary/aromatic N) is 1. The van der Waals surface area contributed by atoms with Gasteiger partial charge in [-0.05, 0) is 39.0 Å². The van der Waals surface area contributed by atoms with Crippen molar-refractivity contribution in [3.8, 4) is 5.88 Å². The molecule has 2 aromatic rings. The van der Waals surface area contributed by atoms with E-state index < -0.39 is 5.97 Å². The number of rotatable bonds is 6. The molecule has 0 saturated carbocycles. The molecule has 0 unspecified atom stereocenters. The predicted octanol–water partition coefficient (Wildman–Crippen LogP) is 3.08. The maximum Gasteiger partial charge on any atom is 0.371 e. The van der Waals surface area contributed by atoms with Crippen molar-refractivity contribution in [1.29, 1.82) is 0 Å². The maximum atomic E-state index is 10.9. The molecule has 2 rings (SSSR count). The van der Waals surface area contributed by atoms with Crippen molar-refractivity contribution in [2.24, 2.45) is 0 Å². The number of furan rings is 1. The van der Waals surface area contributed by atoms with Crippen molar-refractivity contribution in [3.05, 3.63) is 41.5 Å². The SMILES string of the molecule is Cc1oc(C(=O)O)cc1CNc1cccnc1OC(C)C. The lowest BCUT2D eigenvalue weighted by molar-refractivity contribution is 0.0661. The van der Waals surface area contributed by atoms with Crippen LogP contribution in [-0.2, 0) is 6.54 Å². The molecule has 0 aliphatic carbocycles. The smallest absolute Gasteiger partial charge is 0.371 e. The molecule has 0 atom stereocenters. The van der Waals surface area contributed by atoms with Gasteiger partial charge >= 0.3 is 5.97 Å². The van der Waals surface area contributed by atoms with Crippen LogP contribution in [0, 0.1) is 6.92 Å². The summed E-state index contributed by atoms with van der Waals surface area (Å²) >= 11 is 0. The van der Waals surface area contributed by atoms with E-state index in [0.29, 0.717) is 18.2 Å². The summed E-state index contributed by atoms with van der Waals surface area (Å²) in [7, 11) is 0. The number of aromatic carboxylic acids is 1. The largest absolute Gasteiger partial charge is 0.475 e. The zero-order chi connectivity index (χ0) is 15.4. The highest BCUT2D eigenvalue weighted by molar-refractivity contribution is 5.84. The first-order chi connectivity index (χ1) is 9.97. The summed E-state index contributed by atoms with van der Waals surface area (Å²) in [5.41, 5.74) is 1.54. The van der Waals surface area contributed by atoms with Crippen LogP contribution < -0.4 is 10.1 Å². The Labute approximate surface area is 122 Å². The van der Waals surface area contributed by atoms with Crippen LogP contribution in [0.3, 0.4) is 0 Å². The number of carbonyl (C=O) groups is 1. The van der Waals surface area contributed by atoms with E-state index in [1.54, 1.807) is 19.2 Å². The van der Waals surface area contributed by atoms with E-state index in [1.165, 1.54) is 6.07 Å². The topological polar surface area (TPSA) is 84.6 Å². The lowest BCUT2D eigenvalue weighted by Crippen LogP contribution is -2.10. The average molecular weight is 290 g/mol. The number of carboxylic acids is 1. The predicted molar refractivity (Wildman–Crippen MR) is 77.7 cm³/mol. The highest BCUT2D eigenvalue weighted by Gasteiger charge is 2.13. The monoisotopic (exact) mass is 290 g/mol. The highest BCUT2D eigenvalue weighted by atomic mass is 16.5. The summed E-state index contributed by atoms with van der Waals surface area (Å²) < 4.78 is 10.8. The zero-order valence-electron chi connectivity index (χ0n) is 12.2. The minimum atomic E-state index is -1.07. The van der Waals surface area contributed by atoms with Crippen LogP contribution >= 0.6 is 0 Å². The van der Waals surface area contributed by atoms with E-state index in [1.807, 2.05) is 19.9 Å². The first-order valence-corrected chi connectivity index (χ1v) is 6.65. The number of carboxylic acid groups (broad SMARTS) is 1. The second-order valence-corrected chi connectivity index (χ2v) is 4.87. The number of aryl methyl sites for hydroxylation is 1. The van der Waals surface area contributed by atoms with Crippen molar-refractivity contribution >= 4 is 11.7 Å². The molecule has 0 fully saturated rings. The Morgan fingerprint density at radius 1 is 1.52 bits per heavy atom. The van der Waals surface area contributed by atoms with Crippen LogP contribution in [0.4, 0.5) is 5.69 Å². The van der Waals surface area contributed by atoms with Gasteiger partial charge in [0.15, 0.2) is 0 Å². The van der Waals surface area contributed by atoms with Gasteiger partial charge in [0.05, 0.1) is 11.8 Å². The highest BCUT2D eigenvalue weighted by Crippen LogP contribution is 2.23. The quantitative estimate of drug-likeness (QED) is 0.850. The molecule has 2 aromatic heterocycles. The number of anilines is 1. The van der Waals surface area contributed by atoms with Gasteiger partial charge in [0, 0.05) is 18.3 Å². The van der Waals surface area contributed by atoms with E-state index in [0.717, 1.165) is 11.3 Å². The lowest BCUT2D eigenvalue weighted by atomic mass is 10.2. The Hall–Kier alpha value is -2.50. The number of aromatic nitrogens is 1. The van der Waals surface area contributed by atoms with Crippen molar-refractivity contribution in [2.75, 3.05) is 5.32 Å². The number of ether oxygens (including phenoxy) is 1. The van der Waals surface area contributed by atoms with Crippen LogP contribution in [0.25, 0.3) is 0 Å². The molecule has 0 amide bonds. The van der Waals surface area contributed by atoms with Crippen molar-refractivity contribution in [3.63, 3.8) is 0 Å². The first-order valence-electron chi connectivity index (χ1n) is 6.65. The third kappa shape index (κ3) is 3.75. The van der Waals surface area contributed by atoms with Crippen LogP contribution in [-0.4, -0.2) is 22.2 Å². The molecule has 0 spiro atoms. The number of hydrogen-bond acceptors (Lipinski definition) is 5. The normalized spacial score (nSPS) is 10.7. The van der Waals surface area contributed by atoms with E-state index in [-0.39, 0.29) is 11.9 Å². The fourth-order valence-corrected chi connectivity index (χ4v) is 1.83. The standard InChI is InChI=1S/C15H18N2O4/c1-9(2)20-14-12(5-4-6-16-14)17-8-11-7-13(15(18)19)21-10(11)3/h4-7,9,17H,8H2,1-3H3,(H,18,19). The Bertz CT molecular complexity index is 634. The van der Waals surface area contributed by atoms with Gasteiger partial charge in [-0.25, -0.2) is 9.78 Å². The van der Waals surface area contributed by atoms with Crippen LogP contribution in [0.1, 0.15) is 35.7 Å². The van der Waals surface area contributed by atoms with Gasteiger partial charge in [0.2, 0.25) is 11.6 Å². The Morgan fingerprint density at radius 2 is 2.29 bits per heavy atom. The molecule has 0 saturated heterocycles. The summed E-state index contributed by atoms with van der Waals surface area (Å²) in [6.45, 7) is 6.02. The molecule has 0 aliphatic heterocycles. The minimum absolute atomic E-state index is 0.0229. The van der Waals surface area contributed by atoms with Gasteiger partial charge in [-0.3, -0.25) is 0 Å². The summed E-state index contributed by atoms with van der Waals surface area (Å²) in [4.78, 5) is 15.1. The lowest BCUT2D eigenvalue weighted by Gasteiger charge is -2.13. The average Bonchev–Trinajstić information content (AvgIpc) is 2.79. The van der Waals surface area contributed by atoms with Crippen LogP contribution in [0.15, 0.2) is 28.8 Å². The Kier molecular flexibility index (Phi) is 4.47. The number of nitrogens with one attached hydrogen (secondary N) is 1. The molecule has 21 heavy (non-hydrogen) atoms. The second-order valence-electron chi connectivity index (χ2n) is 4.87. The van der Waals surface area contributed by atoms with Crippen LogP contribution in [0.5, 0.6) is 5.88 Å². The molecule has 112 valence electrons. The van der Waals surface area contributed by atoms with Crippen molar-refractivity contribution < 1.29 is 19.1 Å². The fraction of sp³-hybridized carbons (Fsp3) is 0.333. The van der Waals surface area contributed by atoms with Crippen molar-refractivity contribution in [2.45, 2.75) is 33.4 Å². The van der Waals surface area contributed by atoms with Gasteiger partial charge in [-0.2, -0.15) is 0 Å². The summed E-state index contributed by atoms with van der Waals surface area (Å²) in [6, 6.07) is 5.18. The molecule has 2 heterocycles. The van der Waals surface area contributed by atoms with Gasteiger partial charge in [0.1, 0.15) is 5.76 Å². The van der Waals surface area contributed by atoms with E-state index in [4.69, 9.17) is 14.3 Å². The molecule has 0 radical (unpaired) electrons. The van der Waals surface area contributed by atoms with E-state index >= 15 is 0 Å². The van der Waals surface area contributed by atoms with E-state index in [9.17, 15) is 4.79 Å². The molecule has 2 N–H and O–H groups in total. The summed E-state index contributed by atoms with van der Waals surface area (Å²) in [6.07, 6.45) is 1.68. The summed E-state index contributed by atoms with van der Waals surface area (Å²) in [5.74, 6) is -0.0362. The van der Waals surface area contributed by atoms with Gasteiger partial charge in [0.25, 0.3) is 0 Å². The zero-order valence-corrected chi connectivity index (χ0v) is 12.2. The molecule has 0 aliphatic rings. The van der Waals surface area contributed by atoms with Gasteiger partial charge < -0.3 is 19.6 Å². The Morgan fingerprint density at radius 3 is 2.90 bits per heavy atom. The molecular formula is C15H18N2O4. The number of pyridine rings is 1. The summed E-state index contributed by atoms with van der Waals surface area (Å²) in [5, 5.41) is 12.1. The Balaban J connectivity index is 2.11. The van der Waals surface area contributed by atoms with Crippen LogP contribution in [0.2, 0.25) is 0 Å². The van der Waals surface area contributed by atoms with Gasteiger partial charge in [-0.1, -0.05) is 0 Å². The van der Waals surface area contributed by atoms with Gasteiger partial charge in [-0.15, -0.1) is 0 Å². The third-order valence-electron chi connectivity index (χ3n) is 2.82. The third-order valence-corrected chi connectivity index (χ3v) is 2.82. The van der Waals surface area contributed by atoms with Crippen molar-refractivity contribution in [1.82, 2.24) is 4.98 Å². The molecule has 0 bridgehead atoms. The first kappa shape index (κ1) is 14.9. The van der Waals surface area contributed by atoms with E-state index in [2.05, 4.69) is 10.3 Å². The molecule has 6 nitrogen and oxygen atoms in total. The molecule has 0 aromatic carbocycles. The minimum Gasteiger partial charge on any atom is -0.475 e.